The Kier molecular flexibility index (Phi) is 4.13. The third kappa shape index (κ3) is 3.25. The van der Waals surface area contributed by atoms with Crippen LogP contribution in [0.25, 0.3) is 55.6 Å². The van der Waals surface area contributed by atoms with Gasteiger partial charge in [0.1, 0.15) is 17.3 Å². The van der Waals surface area contributed by atoms with Gasteiger partial charge in [0.2, 0.25) is 0 Å². The lowest BCUT2D eigenvalue weighted by molar-refractivity contribution is 0.469. The van der Waals surface area contributed by atoms with Crippen LogP contribution in [-0.2, 0) is 0 Å². The summed E-state index contributed by atoms with van der Waals surface area (Å²) < 4.78 is 13.9. The smallest absolute Gasteiger partial charge is 0.181 e. The molecule has 0 aliphatic carbocycles. The lowest BCUT2D eigenvalue weighted by Gasteiger charge is -2.05. The van der Waals surface area contributed by atoms with Crippen LogP contribution in [0, 0.1) is 5.82 Å². The van der Waals surface area contributed by atoms with Crippen molar-refractivity contribution in [1.29, 1.82) is 0 Å². The van der Waals surface area contributed by atoms with Crippen LogP contribution >= 0.6 is 0 Å². The maximum atomic E-state index is 13.9. The molecular formula is C25H16FN5O2. The second kappa shape index (κ2) is 7.16. The highest BCUT2D eigenvalue weighted by Crippen LogP contribution is 2.36. The van der Waals surface area contributed by atoms with Crippen molar-refractivity contribution in [1.82, 2.24) is 25.1 Å². The van der Waals surface area contributed by atoms with Crippen molar-refractivity contribution < 1.29 is 14.6 Å². The number of hydrogen-bond donors (Lipinski definition) is 4. The number of H-pyrrole nitrogens is 2. The lowest BCUT2D eigenvalue weighted by Crippen LogP contribution is -1.84. The molecule has 0 fully saturated rings. The molecule has 0 saturated heterocycles. The highest BCUT2D eigenvalue weighted by Gasteiger charge is 2.15. The molecule has 0 atom stereocenters. The molecule has 160 valence electrons. The van der Waals surface area contributed by atoms with Crippen molar-refractivity contribution in [2.45, 2.75) is 0 Å². The molecule has 2 aromatic carbocycles. The molecule has 0 spiro atoms. The SMILES string of the molecule is Oc1cncc(-c2cnc3n[nH]c(-c4cc5c(-c6cc(O)cc(F)c6)cccc5[nH]4)c3c2)c1. The summed E-state index contributed by atoms with van der Waals surface area (Å²) in [6.07, 6.45) is 4.72. The number of phenols is 1. The highest BCUT2D eigenvalue weighted by atomic mass is 19.1. The zero-order valence-electron chi connectivity index (χ0n) is 17.0. The molecule has 0 amide bonds. The first-order chi connectivity index (χ1) is 16.0. The first-order valence-corrected chi connectivity index (χ1v) is 10.2. The van der Waals surface area contributed by atoms with Gasteiger partial charge in [-0.15, -0.1) is 0 Å². The molecule has 4 heterocycles. The van der Waals surface area contributed by atoms with Crippen molar-refractivity contribution in [2.24, 2.45) is 0 Å². The minimum absolute atomic E-state index is 0.0755. The Morgan fingerprint density at radius 1 is 0.788 bits per heavy atom. The Morgan fingerprint density at radius 2 is 1.64 bits per heavy atom. The fourth-order valence-electron chi connectivity index (χ4n) is 4.12. The van der Waals surface area contributed by atoms with Crippen molar-refractivity contribution in [3.8, 4) is 45.1 Å². The van der Waals surface area contributed by atoms with E-state index >= 15 is 0 Å². The second-order valence-corrected chi connectivity index (χ2v) is 7.77. The van der Waals surface area contributed by atoms with E-state index in [1.54, 1.807) is 18.5 Å². The molecule has 0 aliphatic heterocycles. The van der Waals surface area contributed by atoms with Crippen molar-refractivity contribution in [3.63, 3.8) is 0 Å². The molecule has 6 rings (SSSR count). The number of benzene rings is 2. The van der Waals surface area contributed by atoms with Crippen molar-refractivity contribution in [3.05, 3.63) is 79.0 Å². The van der Waals surface area contributed by atoms with Crippen LogP contribution in [0.1, 0.15) is 0 Å². The Hall–Kier alpha value is -4.72. The number of aromatic nitrogens is 5. The third-order valence-electron chi connectivity index (χ3n) is 5.59. The minimum atomic E-state index is -0.502. The summed E-state index contributed by atoms with van der Waals surface area (Å²) in [5.41, 5.74) is 5.84. The van der Waals surface area contributed by atoms with Gasteiger partial charge in [0.25, 0.3) is 0 Å². The topological polar surface area (TPSA) is 111 Å². The Labute approximate surface area is 186 Å². The van der Waals surface area contributed by atoms with Gasteiger partial charge in [0.05, 0.1) is 17.6 Å². The van der Waals surface area contributed by atoms with E-state index in [4.69, 9.17) is 0 Å². The number of aromatic amines is 2. The molecule has 0 saturated carbocycles. The van der Waals surface area contributed by atoms with Gasteiger partial charge in [-0.25, -0.2) is 9.37 Å². The largest absolute Gasteiger partial charge is 0.508 e. The molecule has 8 heteroatoms. The molecule has 0 unspecified atom stereocenters. The minimum Gasteiger partial charge on any atom is -0.508 e. The number of phenolic OH excluding ortho intramolecular Hbond substituents is 1. The molecule has 4 aromatic heterocycles. The van der Waals surface area contributed by atoms with Crippen LogP contribution in [-0.4, -0.2) is 35.4 Å². The number of fused-ring (bicyclic) bond motifs is 2. The summed E-state index contributed by atoms with van der Waals surface area (Å²) in [4.78, 5) is 11.9. The van der Waals surface area contributed by atoms with Gasteiger partial charge in [-0.1, -0.05) is 12.1 Å². The molecule has 4 N–H and O–H groups in total. The fraction of sp³-hybridized carbons (Fsp3) is 0. The molecule has 0 bridgehead atoms. The maximum absolute atomic E-state index is 13.9. The van der Waals surface area contributed by atoms with Crippen molar-refractivity contribution >= 4 is 21.9 Å². The monoisotopic (exact) mass is 437 g/mol. The standard InChI is InChI=1S/C25H16FN5O2/c26-16-4-13(5-17(32)8-16)19-2-1-3-22-20(19)9-23(29-22)24-21-7-15(11-28-25(21)31-30-24)14-6-18(33)12-27-10-14/h1-12,29,32-33H,(H,28,30,31). The maximum Gasteiger partial charge on any atom is 0.181 e. The highest BCUT2D eigenvalue weighted by molar-refractivity contribution is 6.01. The number of halogens is 1. The van der Waals surface area contributed by atoms with Crippen LogP contribution < -0.4 is 0 Å². The van der Waals surface area contributed by atoms with Gasteiger partial charge in [0, 0.05) is 45.9 Å². The van der Waals surface area contributed by atoms with E-state index < -0.39 is 5.82 Å². The zero-order chi connectivity index (χ0) is 22.5. The molecule has 7 nitrogen and oxygen atoms in total. The third-order valence-corrected chi connectivity index (χ3v) is 5.59. The van der Waals surface area contributed by atoms with Gasteiger partial charge in [-0.2, -0.15) is 5.10 Å². The first kappa shape index (κ1) is 19.0. The molecule has 0 radical (unpaired) electrons. The first-order valence-electron chi connectivity index (χ1n) is 10.2. The second-order valence-electron chi connectivity index (χ2n) is 7.77. The predicted molar refractivity (Wildman–Crippen MR) is 123 cm³/mol. The van der Waals surface area contributed by atoms with E-state index in [0.29, 0.717) is 11.2 Å². The number of nitrogens with zero attached hydrogens (tertiary/aromatic N) is 3. The van der Waals surface area contributed by atoms with Gasteiger partial charge in [-0.3, -0.25) is 10.1 Å². The van der Waals surface area contributed by atoms with E-state index in [-0.39, 0.29) is 11.5 Å². The Morgan fingerprint density at radius 3 is 2.48 bits per heavy atom. The number of hydrogen-bond acceptors (Lipinski definition) is 5. The number of pyridine rings is 2. The Balaban J connectivity index is 1.51. The molecule has 0 aliphatic rings. The van der Waals surface area contributed by atoms with Gasteiger partial charge in [0.15, 0.2) is 5.65 Å². The summed E-state index contributed by atoms with van der Waals surface area (Å²) in [5, 5.41) is 28.7. The Bertz CT molecular complexity index is 1650. The van der Waals surface area contributed by atoms with E-state index in [1.807, 2.05) is 30.3 Å². The summed E-state index contributed by atoms with van der Waals surface area (Å²) in [6, 6.07) is 15.2. The summed E-state index contributed by atoms with van der Waals surface area (Å²) in [5.74, 6) is -0.554. The van der Waals surface area contributed by atoms with Gasteiger partial charge in [-0.05, 0) is 47.5 Å². The quantitative estimate of drug-likeness (QED) is 0.297. The lowest BCUT2D eigenvalue weighted by atomic mass is 10.0. The van der Waals surface area contributed by atoms with Crippen molar-refractivity contribution in [2.75, 3.05) is 0 Å². The number of aromatic hydroxyl groups is 2. The number of nitrogens with one attached hydrogen (secondary N) is 2. The van der Waals surface area contributed by atoms with Crippen LogP contribution in [0.3, 0.4) is 0 Å². The summed E-state index contributed by atoms with van der Waals surface area (Å²) in [6.45, 7) is 0. The van der Waals surface area contributed by atoms with Crippen LogP contribution in [0.5, 0.6) is 11.5 Å². The van der Waals surface area contributed by atoms with E-state index in [0.717, 1.165) is 50.4 Å². The average molecular weight is 437 g/mol. The van der Waals surface area contributed by atoms with Gasteiger partial charge < -0.3 is 15.2 Å². The summed E-state index contributed by atoms with van der Waals surface area (Å²) in [7, 11) is 0. The van der Waals surface area contributed by atoms with E-state index in [2.05, 4.69) is 25.1 Å². The van der Waals surface area contributed by atoms with E-state index in [1.165, 1.54) is 18.3 Å². The summed E-state index contributed by atoms with van der Waals surface area (Å²) >= 11 is 0. The molecule has 33 heavy (non-hydrogen) atoms. The van der Waals surface area contributed by atoms with Gasteiger partial charge >= 0.3 is 0 Å². The van der Waals surface area contributed by atoms with Crippen LogP contribution in [0.2, 0.25) is 0 Å². The van der Waals surface area contributed by atoms with Crippen LogP contribution in [0.4, 0.5) is 4.39 Å². The normalized spacial score (nSPS) is 11.4. The number of rotatable bonds is 3. The zero-order valence-corrected chi connectivity index (χ0v) is 17.0. The molecular weight excluding hydrogens is 421 g/mol. The molecule has 6 aromatic rings. The average Bonchev–Trinajstić information content (AvgIpc) is 3.41. The fourth-order valence-corrected chi connectivity index (χ4v) is 4.12. The predicted octanol–water partition coefficient (Wildman–Crippen LogP) is 5.39. The van der Waals surface area contributed by atoms with E-state index in [9.17, 15) is 14.6 Å². The van der Waals surface area contributed by atoms with Crippen LogP contribution in [0.15, 0.2) is 73.2 Å².